The minimum atomic E-state index is -0.917. The van der Waals surface area contributed by atoms with Gasteiger partial charge in [-0.3, -0.25) is 4.40 Å². The van der Waals surface area contributed by atoms with Crippen LogP contribution in [-0.2, 0) is 19.3 Å². The number of hydrogen-bond donors (Lipinski definition) is 1. The summed E-state index contributed by atoms with van der Waals surface area (Å²) in [5.41, 5.74) is 2.36. The van der Waals surface area contributed by atoms with Crippen molar-refractivity contribution in [1.82, 2.24) is 9.38 Å². The Labute approximate surface area is 96.5 Å². The molecule has 2 aromatic heterocycles. The maximum atomic E-state index is 11.1. The Hall–Kier alpha value is -1.36. The lowest BCUT2D eigenvalue weighted by Crippen LogP contribution is -2.03. The summed E-state index contributed by atoms with van der Waals surface area (Å²) in [6.07, 6.45) is 4.07. The van der Waals surface area contributed by atoms with Crippen molar-refractivity contribution in [1.29, 1.82) is 0 Å². The van der Waals surface area contributed by atoms with Crippen molar-refractivity contribution in [2.45, 2.75) is 32.6 Å². The highest BCUT2D eigenvalue weighted by Gasteiger charge is 2.24. The Balaban J connectivity index is 2.34. The number of imidazole rings is 1. The Kier molecular flexibility index (Phi) is 2.04. The SMILES string of the molecule is CCc1c(C(=O)O)nc2sc3c(n12)CCC3. The minimum absolute atomic E-state index is 0.225. The van der Waals surface area contributed by atoms with Crippen LogP contribution in [0.25, 0.3) is 4.96 Å². The Morgan fingerprint density at radius 3 is 3.06 bits per heavy atom. The summed E-state index contributed by atoms with van der Waals surface area (Å²) in [5, 5.41) is 9.09. The van der Waals surface area contributed by atoms with Gasteiger partial charge in [-0.15, -0.1) is 11.3 Å². The zero-order chi connectivity index (χ0) is 11.3. The van der Waals surface area contributed by atoms with Gasteiger partial charge in [0, 0.05) is 10.6 Å². The summed E-state index contributed by atoms with van der Waals surface area (Å²) < 4.78 is 2.07. The third-order valence-corrected chi connectivity index (χ3v) is 4.25. The molecule has 0 aromatic carbocycles. The second kappa shape index (κ2) is 3.31. The fourth-order valence-electron chi connectivity index (χ4n) is 2.43. The molecule has 3 rings (SSSR count). The van der Waals surface area contributed by atoms with Crippen molar-refractivity contribution in [3.8, 4) is 0 Å². The van der Waals surface area contributed by atoms with Crippen LogP contribution in [0.5, 0.6) is 0 Å². The van der Waals surface area contributed by atoms with Crippen LogP contribution in [0.15, 0.2) is 0 Å². The zero-order valence-corrected chi connectivity index (χ0v) is 9.80. The molecule has 0 radical (unpaired) electrons. The predicted octanol–water partition coefficient (Wildman–Crippen LogP) is 2.15. The average molecular weight is 236 g/mol. The van der Waals surface area contributed by atoms with Crippen LogP contribution in [0.2, 0.25) is 0 Å². The molecule has 1 aliphatic rings. The van der Waals surface area contributed by atoms with E-state index in [9.17, 15) is 4.79 Å². The Morgan fingerprint density at radius 2 is 2.38 bits per heavy atom. The number of carboxylic acids is 1. The first-order valence-corrected chi connectivity index (χ1v) is 6.29. The number of thiazole rings is 1. The maximum Gasteiger partial charge on any atom is 0.356 e. The molecule has 0 saturated heterocycles. The van der Waals surface area contributed by atoms with Crippen molar-refractivity contribution in [2.75, 3.05) is 0 Å². The first-order valence-electron chi connectivity index (χ1n) is 5.47. The molecule has 1 aliphatic carbocycles. The lowest BCUT2D eigenvalue weighted by Gasteiger charge is -1.99. The van der Waals surface area contributed by atoms with Crippen LogP contribution in [-0.4, -0.2) is 20.5 Å². The lowest BCUT2D eigenvalue weighted by molar-refractivity contribution is 0.0690. The number of aromatic nitrogens is 2. The van der Waals surface area contributed by atoms with E-state index in [1.807, 2.05) is 6.92 Å². The number of aryl methyl sites for hydroxylation is 3. The first-order chi connectivity index (χ1) is 7.72. The number of aromatic carboxylic acids is 1. The summed E-state index contributed by atoms with van der Waals surface area (Å²) >= 11 is 1.64. The monoisotopic (exact) mass is 236 g/mol. The Morgan fingerprint density at radius 1 is 1.56 bits per heavy atom. The van der Waals surface area contributed by atoms with Crippen LogP contribution in [0.3, 0.4) is 0 Å². The van der Waals surface area contributed by atoms with Gasteiger partial charge in [0.05, 0.1) is 5.69 Å². The molecule has 1 N–H and O–H groups in total. The highest BCUT2D eigenvalue weighted by atomic mass is 32.1. The van der Waals surface area contributed by atoms with Crippen molar-refractivity contribution >= 4 is 22.3 Å². The smallest absolute Gasteiger partial charge is 0.356 e. The van der Waals surface area contributed by atoms with E-state index in [1.54, 1.807) is 11.3 Å². The van der Waals surface area contributed by atoms with E-state index in [2.05, 4.69) is 9.38 Å². The average Bonchev–Trinajstić information content (AvgIpc) is 2.84. The number of hydrogen-bond acceptors (Lipinski definition) is 3. The molecule has 0 saturated carbocycles. The number of fused-ring (bicyclic) bond motifs is 3. The van der Waals surface area contributed by atoms with Crippen molar-refractivity contribution in [2.24, 2.45) is 0 Å². The van der Waals surface area contributed by atoms with Crippen molar-refractivity contribution < 1.29 is 9.90 Å². The van der Waals surface area contributed by atoms with Gasteiger partial charge in [0.25, 0.3) is 0 Å². The molecule has 0 fully saturated rings. The highest BCUT2D eigenvalue weighted by molar-refractivity contribution is 7.17. The van der Waals surface area contributed by atoms with Gasteiger partial charge in [-0.2, -0.15) is 0 Å². The van der Waals surface area contributed by atoms with Crippen LogP contribution >= 0.6 is 11.3 Å². The first kappa shape index (κ1) is 9.84. The van der Waals surface area contributed by atoms with E-state index >= 15 is 0 Å². The quantitative estimate of drug-likeness (QED) is 0.869. The number of carboxylic acid groups (broad SMARTS) is 1. The van der Waals surface area contributed by atoms with Crippen LogP contribution in [0.4, 0.5) is 0 Å². The molecule has 0 unspecified atom stereocenters. The third kappa shape index (κ3) is 1.15. The van der Waals surface area contributed by atoms with E-state index < -0.39 is 5.97 Å². The molecule has 0 amide bonds. The van der Waals surface area contributed by atoms with Crippen molar-refractivity contribution in [3.05, 3.63) is 22.0 Å². The fourth-order valence-corrected chi connectivity index (χ4v) is 3.66. The zero-order valence-electron chi connectivity index (χ0n) is 8.99. The molecule has 0 spiro atoms. The second-order valence-electron chi connectivity index (χ2n) is 4.01. The van der Waals surface area contributed by atoms with E-state index in [0.717, 1.165) is 23.5 Å². The molecule has 84 valence electrons. The van der Waals surface area contributed by atoms with Gasteiger partial charge in [-0.25, -0.2) is 9.78 Å². The topological polar surface area (TPSA) is 54.6 Å². The Bertz CT molecular complexity index is 582. The predicted molar refractivity (Wildman–Crippen MR) is 61.4 cm³/mol. The van der Waals surface area contributed by atoms with Gasteiger partial charge in [0.15, 0.2) is 10.7 Å². The van der Waals surface area contributed by atoms with E-state index in [-0.39, 0.29) is 5.69 Å². The van der Waals surface area contributed by atoms with E-state index in [4.69, 9.17) is 5.11 Å². The van der Waals surface area contributed by atoms with Crippen LogP contribution < -0.4 is 0 Å². The maximum absolute atomic E-state index is 11.1. The third-order valence-electron chi connectivity index (χ3n) is 3.10. The largest absolute Gasteiger partial charge is 0.476 e. The van der Waals surface area contributed by atoms with Crippen molar-refractivity contribution in [3.63, 3.8) is 0 Å². The summed E-state index contributed by atoms with van der Waals surface area (Å²) in [6, 6.07) is 0. The summed E-state index contributed by atoms with van der Waals surface area (Å²) in [7, 11) is 0. The summed E-state index contributed by atoms with van der Waals surface area (Å²) in [5.74, 6) is -0.917. The molecule has 2 heterocycles. The van der Waals surface area contributed by atoms with E-state index in [1.165, 1.54) is 17.0 Å². The second-order valence-corrected chi connectivity index (χ2v) is 5.07. The molecular formula is C11H12N2O2S. The minimum Gasteiger partial charge on any atom is -0.476 e. The molecule has 0 bridgehead atoms. The van der Waals surface area contributed by atoms with Crippen LogP contribution in [0, 0.1) is 0 Å². The van der Waals surface area contributed by atoms with Gasteiger partial charge >= 0.3 is 5.97 Å². The van der Waals surface area contributed by atoms with Gasteiger partial charge in [0.2, 0.25) is 0 Å². The summed E-state index contributed by atoms with van der Waals surface area (Å²) in [6.45, 7) is 1.98. The molecule has 0 aliphatic heterocycles. The highest BCUT2D eigenvalue weighted by Crippen LogP contribution is 2.32. The molecule has 5 heteroatoms. The number of nitrogens with zero attached hydrogens (tertiary/aromatic N) is 2. The number of rotatable bonds is 2. The summed E-state index contributed by atoms with van der Waals surface area (Å²) in [4.78, 5) is 17.5. The molecular weight excluding hydrogens is 224 g/mol. The van der Waals surface area contributed by atoms with Gasteiger partial charge < -0.3 is 5.11 Å². The lowest BCUT2D eigenvalue weighted by atomic mass is 10.2. The number of carbonyl (C=O) groups is 1. The van der Waals surface area contributed by atoms with Crippen LogP contribution in [0.1, 0.15) is 40.1 Å². The molecule has 4 nitrogen and oxygen atoms in total. The molecule has 16 heavy (non-hydrogen) atoms. The van der Waals surface area contributed by atoms with Gasteiger partial charge in [-0.05, 0) is 25.7 Å². The molecule has 0 atom stereocenters. The van der Waals surface area contributed by atoms with E-state index in [0.29, 0.717) is 6.42 Å². The van der Waals surface area contributed by atoms with Gasteiger partial charge in [0.1, 0.15) is 0 Å². The fraction of sp³-hybridized carbons (Fsp3) is 0.455. The molecule has 2 aromatic rings. The van der Waals surface area contributed by atoms with Gasteiger partial charge in [-0.1, -0.05) is 6.92 Å². The standard InChI is InChI=1S/C11H12N2O2S/c1-2-6-9(10(14)15)12-11-13(6)7-4-3-5-8(7)16-11/h2-5H2,1H3,(H,14,15). The normalized spacial score (nSPS) is 14.6.